The number of pyridine rings is 1. The van der Waals surface area contributed by atoms with Crippen LogP contribution in [0.1, 0.15) is 49.5 Å². The predicted molar refractivity (Wildman–Crippen MR) is 142 cm³/mol. The molecule has 8 nitrogen and oxygen atoms in total. The molecular formula is C26H39N5O3S. The molecule has 4 atom stereocenters. The van der Waals surface area contributed by atoms with Crippen molar-refractivity contribution in [1.29, 1.82) is 0 Å². The molecule has 1 heterocycles. The molecule has 0 aliphatic heterocycles. The fraction of sp³-hybridized carbons (Fsp3) is 0.538. The molecule has 1 aliphatic carbocycles. The molecule has 3 rings (SSSR count). The molecule has 0 unspecified atom stereocenters. The topological polar surface area (TPSA) is 109 Å². The number of benzene rings is 1. The van der Waals surface area contributed by atoms with Gasteiger partial charge in [0, 0.05) is 37.8 Å². The van der Waals surface area contributed by atoms with Crippen molar-refractivity contribution in [3.05, 3.63) is 53.6 Å². The van der Waals surface area contributed by atoms with Crippen molar-refractivity contribution in [3.63, 3.8) is 0 Å². The van der Waals surface area contributed by atoms with Gasteiger partial charge in [-0.2, -0.15) is 0 Å². The number of anilines is 2. The van der Waals surface area contributed by atoms with E-state index in [0.717, 1.165) is 18.5 Å². The van der Waals surface area contributed by atoms with Crippen LogP contribution in [-0.4, -0.2) is 57.8 Å². The van der Waals surface area contributed by atoms with E-state index < -0.39 is 10.0 Å². The molecule has 2 aromatic rings. The highest BCUT2D eigenvalue weighted by molar-refractivity contribution is 7.92. The summed E-state index contributed by atoms with van der Waals surface area (Å²) in [6, 6.07) is 12.6. The van der Waals surface area contributed by atoms with Gasteiger partial charge in [0.05, 0.1) is 6.26 Å². The van der Waals surface area contributed by atoms with Crippen LogP contribution in [0.4, 0.5) is 11.6 Å². The van der Waals surface area contributed by atoms with E-state index in [9.17, 15) is 13.2 Å². The number of nitrogens with two attached hydrogens (primary N) is 1. The minimum absolute atomic E-state index is 0.258. The number of hydrogen-bond donors (Lipinski definition) is 2. The Labute approximate surface area is 210 Å². The maximum Gasteiger partial charge on any atom is 0.251 e. The number of nitrogens with zero attached hydrogens (tertiary/aromatic N) is 3. The molecular weight excluding hydrogens is 462 g/mol. The Hall–Kier alpha value is -2.65. The second kappa shape index (κ2) is 11.4. The van der Waals surface area contributed by atoms with Gasteiger partial charge < -0.3 is 16.0 Å². The average molecular weight is 502 g/mol. The van der Waals surface area contributed by atoms with Gasteiger partial charge in [-0.3, -0.25) is 9.10 Å². The van der Waals surface area contributed by atoms with Crippen molar-refractivity contribution < 1.29 is 13.2 Å². The summed E-state index contributed by atoms with van der Waals surface area (Å²) in [5.41, 5.74) is 7.66. The Morgan fingerprint density at radius 3 is 2.40 bits per heavy atom. The Morgan fingerprint density at radius 2 is 1.86 bits per heavy atom. The largest absolute Gasteiger partial charge is 0.359 e. The van der Waals surface area contributed by atoms with E-state index in [2.05, 4.69) is 17.2 Å². The number of carbonyl (C=O) groups excluding carboxylic acids is 1. The summed E-state index contributed by atoms with van der Waals surface area (Å²) in [6.45, 7) is 7.09. The van der Waals surface area contributed by atoms with Crippen LogP contribution in [0.15, 0.2) is 42.5 Å². The minimum atomic E-state index is -3.56. The average Bonchev–Trinajstić information content (AvgIpc) is 3.50. The lowest BCUT2D eigenvalue weighted by Crippen LogP contribution is -2.47. The number of amides is 1. The summed E-state index contributed by atoms with van der Waals surface area (Å²) in [5, 5.41) is 3.07. The predicted octanol–water partition coefficient (Wildman–Crippen LogP) is 3.04. The lowest BCUT2D eigenvalue weighted by atomic mass is 10.0. The highest BCUT2D eigenvalue weighted by Crippen LogP contribution is 2.38. The van der Waals surface area contributed by atoms with E-state index in [4.69, 9.17) is 5.73 Å². The van der Waals surface area contributed by atoms with Crippen molar-refractivity contribution >= 4 is 27.6 Å². The first-order valence-corrected chi connectivity index (χ1v) is 14.2. The van der Waals surface area contributed by atoms with Gasteiger partial charge in [0.15, 0.2) is 0 Å². The van der Waals surface area contributed by atoms with Crippen LogP contribution in [0.5, 0.6) is 0 Å². The quantitative estimate of drug-likeness (QED) is 0.463. The standard InChI is InChI=1S/C26H39N5O3S/c1-6-12-31(35(5,33)34)25-16-21(15-24(29-25)30(4)17-22-13-18(22)2)26(32)28-23(19(3)27)14-20-10-8-7-9-11-20/h7-11,15-16,18-19,22-23H,6,12-14,17,27H2,1-5H3,(H,28,32)/t18-,19-,22+,23-/m0/s1. The van der Waals surface area contributed by atoms with E-state index in [1.807, 2.05) is 56.1 Å². The fourth-order valence-electron chi connectivity index (χ4n) is 4.20. The maximum atomic E-state index is 13.4. The van der Waals surface area contributed by atoms with Crippen molar-refractivity contribution in [2.45, 2.75) is 52.1 Å². The lowest BCUT2D eigenvalue weighted by Gasteiger charge is -2.26. The van der Waals surface area contributed by atoms with Crippen LogP contribution in [0.25, 0.3) is 0 Å². The molecule has 0 saturated heterocycles. The zero-order valence-electron chi connectivity index (χ0n) is 21.4. The number of rotatable bonds is 12. The number of nitrogens with one attached hydrogen (secondary N) is 1. The molecule has 1 aromatic carbocycles. The van der Waals surface area contributed by atoms with Gasteiger partial charge >= 0.3 is 0 Å². The molecule has 0 spiro atoms. The Balaban J connectivity index is 1.93. The van der Waals surface area contributed by atoms with Crippen LogP contribution in [0, 0.1) is 11.8 Å². The molecule has 3 N–H and O–H groups in total. The molecule has 35 heavy (non-hydrogen) atoms. The molecule has 1 saturated carbocycles. The smallest absolute Gasteiger partial charge is 0.251 e. The van der Waals surface area contributed by atoms with Crippen LogP contribution in [-0.2, 0) is 16.4 Å². The second-order valence-electron chi connectivity index (χ2n) is 9.89. The van der Waals surface area contributed by atoms with Crippen molar-refractivity contribution in [2.24, 2.45) is 17.6 Å². The minimum Gasteiger partial charge on any atom is -0.359 e. The summed E-state index contributed by atoms with van der Waals surface area (Å²) in [7, 11) is -1.63. The first-order chi connectivity index (χ1) is 16.5. The van der Waals surface area contributed by atoms with Gasteiger partial charge in [-0.15, -0.1) is 0 Å². The van der Waals surface area contributed by atoms with E-state index in [1.165, 1.54) is 10.6 Å². The van der Waals surface area contributed by atoms with Crippen LogP contribution in [0.3, 0.4) is 0 Å². The first kappa shape index (κ1) is 26.9. The van der Waals surface area contributed by atoms with E-state index in [-0.39, 0.29) is 30.4 Å². The summed E-state index contributed by atoms with van der Waals surface area (Å²) < 4.78 is 26.4. The third-order valence-corrected chi connectivity index (χ3v) is 7.74. The van der Waals surface area contributed by atoms with Gasteiger partial charge in [0.2, 0.25) is 10.0 Å². The van der Waals surface area contributed by atoms with Crippen LogP contribution >= 0.6 is 0 Å². The summed E-state index contributed by atoms with van der Waals surface area (Å²) in [5.74, 6) is 1.79. The third kappa shape index (κ3) is 7.41. The van der Waals surface area contributed by atoms with Crippen LogP contribution < -0.4 is 20.3 Å². The molecule has 1 amide bonds. The highest BCUT2D eigenvalue weighted by atomic mass is 32.2. The van der Waals surface area contributed by atoms with Crippen LogP contribution in [0.2, 0.25) is 0 Å². The Kier molecular flexibility index (Phi) is 8.77. The molecule has 9 heteroatoms. The van der Waals surface area contributed by atoms with Crippen molar-refractivity contribution in [3.8, 4) is 0 Å². The molecule has 192 valence electrons. The van der Waals surface area contributed by atoms with Crippen molar-refractivity contribution in [2.75, 3.05) is 35.6 Å². The Morgan fingerprint density at radius 1 is 1.23 bits per heavy atom. The van der Waals surface area contributed by atoms with Gasteiger partial charge in [-0.05, 0) is 55.7 Å². The zero-order valence-corrected chi connectivity index (χ0v) is 22.3. The zero-order chi connectivity index (χ0) is 25.8. The second-order valence-corrected chi connectivity index (χ2v) is 11.8. The highest BCUT2D eigenvalue weighted by Gasteiger charge is 2.34. The normalized spacial score (nSPS) is 19.0. The number of hydrogen-bond acceptors (Lipinski definition) is 6. The lowest BCUT2D eigenvalue weighted by molar-refractivity contribution is 0.0931. The monoisotopic (exact) mass is 501 g/mol. The van der Waals surface area contributed by atoms with Crippen molar-refractivity contribution in [1.82, 2.24) is 10.3 Å². The summed E-state index contributed by atoms with van der Waals surface area (Å²) >= 11 is 0. The molecule has 1 fully saturated rings. The molecule has 0 bridgehead atoms. The Bertz CT molecular complexity index is 1110. The SMILES string of the molecule is CCCN(c1cc(C(=O)N[C@@H](Cc2ccccc2)[C@H](C)N)cc(N(C)C[C@H]2C[C@@H]2C)n1)S(C)(=O)=O. The first-order valence-electron chi connectivity index (χ1n) is 12.3. The number of aromatic nitrogens is 1. The number of carbonyl (C=O) groups is 1. The third-order valence-electron chi connectivity index (χ3n) is 6.57. The molecule has 1 aliphatic rings. The number of sulfonamides is 1. The summed E-state index contributed by atoms with van der Waals surface area (Å²) in [4.78, 5) is 20.1. The van der Waals surface area contributed by atoms with Gasteiger partial charge in [0.1, 0.15) is 11.6 Å². The van der Waals surface area contributed by atoms with Gasteiger partial charge in [-0.25, -0.2) is 13.4 Å². The van der Waals surface area contributed by atoms with E-state index >= 15 is 0 Å². The maximum absolute atomic E-state index is 13.4. The molecule has 1 aromatic heterocycles. The van der Waals surface area contributed by atoms with Gasteiger partial charge in [0.25, 0.3) is 5.91 Å². The fourth-order valence-corrected chi connectivity index (χ4v) is 5.14. The van der Waals surface area contributed by atoms with E-state index in [1.54, 1.807) is 12.1 Å². The molecule has 0 radical (unpaired) electrons. The van der Waals surface area contributed by atoms with Gasteiger partial charge in [-0.1, -0.05) is 44.2 Å². The summed E-state index contributed by atoms with van der Waals surface area (Å²) in [6.07, 6.45) is 3.55. The van der Waals surface area contributed by atoms with E-state index in [0.29, 0.717) is 36.1 Å².